The summed E-state index contributed by atoms with van der Waals surface area (Å²) in [5.41, 5.74) is 1.50. The minimum Gasteiger partial charge on any atom is -0.475 e. The Hall–Kier alpha value is -3.79. The Kier molecular flexibility index (Phi) is 6.76. The number of hydrogen-bond acceptors (Lipinski definition) is 9. The van der Waals surface area contributed by atoms with Gasteiger partial charge in [-0.05, 0) is 54.6 Å². The van der Waals surface area contributed by atoms with Crippen LogP contribution in [0.1, 0.15) is 12.8 Å². The first kappa shape index (κ1) is 22.0. The number of furan rings is 1. The van der Waals surface area contributed by atoms with Crippen LogP contribution in [-0.2, 0) is 4.79 Å². The van der Waals surface area contributed by atoms with Crippen molar-refractivity contribution in [2.45, 2.75) is 12.8 Å². The van der Waals surface area contributed by atoms with Crippen LogP contribution in [0.15, 0.2) is 64.6 Å². The third-order valence-electron chi connectivity index (χ3n) is 5.61. The van der Waals surface area contributed by atoms with Crippen molar-refractivity contribution in [2.24, 2.45) is 5.92 Å². The van der Waals surface area contributed by atoms with Gasteiger partial charge in [0.25, 0.3) is 0 Å². The van der Waals surface area contributed by atoms with Crippen molar-refractivity contribution in [3.05, 3.63) is 60.2 Å². The minimum atomic E-state index is -0.106. The van der Waals surface area contributed by atoms with Crippen LogP contribution in [-0.4, -0.2) is 52.5 Å². The Morgan fingerprint density at radius 1 is 1.09 bits per heavy atom. The van der Waals surface area contributed by atoms with E-state index in [1.807, 2.05) is 47.8 Å². The van der Waals surface area contributed by atoms with Gasteiger partial charge in [-0.3, -0.25) is 4.79 Å². The number of aromatic nitrogens is 4. The smallest absolute Gasteiger partial charge is 0.233 e. The average Bonchev–Trinajstić information content (AvgIpc) is 3.62. The van der Waals surface area contributed by atoms with Crippen molar-refractivity contribution in [1.82, 2.24) is 25.7 Å². The largest absolute Gasteiger partial charge is 0.475 e. The molecule has 0 aliphatic carbocycles. The molecule has 1 aliphatic heterocycles. The van der Waals surface area contributed by atoms with Gasteiger partial charge in [-0.25, -0.2) is 0 Å². The molecule has 0 aromatic carbocycles. The third-order valence-corrected chi connectivity index (χ3v) is 6.50. The van der Waals surface area contributed by atoms with E-state index in [4.69, 9.17) is 9.15 Å². The lowest BCUT2D eigenvalue weighted by Crippen LogP contribution is -2.44. The topological polar surface area (TPSA) is 106 Å². The monoisotopic (exact) mass is 476 g/mol. The Morgan fingerprint density at radius 2 is 2.00 bits per heavy atom. The molecule has 0 bridgehead atoms. The zero-order valence-corrected chi connectivity index (χ0v) is 19.3. The molecule has 10 heteroatoms. The van der Waals surface area contributed by atoms with Crippen LogP contribution in [0.3, 0.4) is 0 Å². The average molecular weight is 477 g/mol. The fourth-order valence-electron chi connectivity index (χ4n) is 3.88. The van der Waals surface area contributed by atoms with Crippen LogP contribution in [0.25, 0.3) is 22.0 Å². The van der Waals surface area contributed by atoms with Gasteiger partial charge in [-0.1, -0.05) is 6.07 Å². The third kappa shape index (κ3) is 5.23. The summed E-state index contributed by atoms with van der Waals surface area (Å²) in [7, 11) is 0. The number of carbonyl (C=O) groups excluding carboxylic acids is 1. The maximum absolute atomic E-state index is 12.7. The summed E-state index contributed by atoms with van der Waals surface area (Å²) >= 11 is 1.61. The van der Waals surface area contributed by atoms with Crippen molar-refractivity contribution in [3.63, 3.8) is 0 Å². The number of thiophene rings is 1. The fourth-order valence-corrected chi connectivity index (χ4v) is 4.57. The number of amides is 1. The Labute approximate surface area is 200 Å². The maximum atomic E-state index is 12.7. The van der Waals surface area contributed by atoms with E-state index in [2.05, 4.69) is 30.6 Å². The Morgan fingerprint density at radius 3 is 2.74 bits per heavy atom. The molecule has 4 aromatic rings. The molecule has 1 amide bonds. The standard InChI is InChI=1S/C24H24N6O3S/c31-24(25-11-14-33-23-10-8-19(27-29-23)21-6-3-15-34-21)17-4-1-12-30(16-17)22-9-7-18(26-28-22)20-5-2-13-32-20/h2-3,5-10,13,15,17H,1,4,11-12,14,16H2,(H,25,31). The summed E-state index contributed by atoms with van der Waals surface area (Å²) in [4.78, 5) is 15.9. The second kappa shape index (κ2) is 10.4. The highest BCUT2D eigenvalue weighted by Crippen LogP contribution is 2.24. The minimum absolute atomic E-state index is 0.0209. The number of ether oxygens (including phenoxy) is 1. The van der Waals surface area contributed by atoms with Crippen LogP contribution >= 0.6 is 11.3 Å². The van der Waals surface area contributed by atoms with Gasteiger partial charge in [0.05, 0.1) is 23.6 Å². The number of piperidine rings is 1. The van der Waals surface area contributed by atoms with Gasteiger partial charge in [0, 0.05) is 19.2 Å². The number of hydrogen-bond donors (Lipinski definition) is 1. The molecule has 1 unspecified atom stereocenters. The SMILES string of the molecule is O=C(NCCOc1ccc(-c2cccs2)nn1)C1CCCN(c2ccc(-c3ccco3)nn2)C1. The number of rotatable bonds is 8. The molecule has 4 aromatic heterocycles. The van der Waals surface area contributed by atoms with Crippen molar-refractivity contribution < 1.29 is 13.9 Å². The zero-order chi connectivity index (χ0) is 23.2. The molecule has 0 spiro atoms. The fraction of sp³-hybridized carbons (Fsp3) is 0.292. The van der Waals surface area contributed by atoms with E-state index < -0.39 is 0 Å². The first-order valence-corrected chi connectivity index (χ1v) is 12.0. The van der Waals surface area contributed by atoms with E-state index in [1.165, 1.54) is 0 Å². The molecule has 9 nitrogen and oxygen atoms in total. The number of nitrogens with zero attached hydrogens (tertiary/aromatic N) is 5. The van der Waals surface area contributed by atoms with E-state index in [1.54, 1.807) is 23.7 Å². The van der Waals surface area contributed by atoms with Crippen LogP contribution < -0.4 is 15.0 Å². The predicted molar refractivity (Wildman–Crippen MR) is 129 cm³/mol. The van der Waals surface area contributed by atoms with Gasteiger partial charge in [0.15, 0.2) is 11.6 Å². The highest BCUT2D eigenvalue weighted by atomic mass is 32.1. The molecular formula is C24H24N6O3S. The second-order valence-corrected chi connectivity index (χ2v) is 8.86. The lowest BCUT2D eigenvalue weighted by Gasteiger charge is -2.32. The van der Waals surface area contributed by atoms with Gasteiger partial charge in [0.1, 0.15) is 18.0 Å². The molecule has 1 fully saturated rings. The molecule has 1 atom stereocenters. The van der Waals surface area contributed by atoms with Gasteiger partial charge >= 0.3 is 0 Å². The second-order valence-electron chi connectivity index (χ2n) is 7.91. The van der Waals surface area contributed by atoms with E-state index in [-0.39, 0.29) is 11.8 Å². The molecule has 34 heavy (non-hydrogen) atoms. The molecule has 0 saturated carbocycles. The molecule has 0 radical (unpaired) electrons. The van der Waals surface area contributed by atoms with Crippen LogP contribution in [0, 0.1) is 5.92 Å². The van der Waals surface area contributed by atoms with Crippen molar-refractivity contribution in [3.8, 4) is 27.9 Å². The summed E-state index contributed by atoms with van der Waals surface area (Å²) in [6.07, 6.45) is 3.37. The quantitative estimate of drug-likeness (QED) is 0.384. The summed E-state index contributed by atoms with van der Waals surface area (Å²) in [5.74, 6) is 1.80. The summed E-state index contributed by atoms with van der Waals surface area (Å²) in [6.45, 7) is 2.19. The molecular weight excluding hydrogens is 452 g/mol. The summed E-state index contributed by atoms with van der Waals surface area (Å²) in [6, 6.07) is 15.1. The summed E-state index contributed by atoms with van der Waals surface area (Å²) in [5, 5.41) is 21.9. The molecule has 174 valence electrons. The molecule has 1 aliphatic rings. The van der Waals surface area contributed by atoms with Gasteiger partial charge in [-0.2, -0.15) is 0 Å². The molecule has 1 N–H and O–H groups in total. The molecule has 5 rings (SSSR count). The van der Waals surface area contributed by atoms with Crippen LogP contribution in [0.4, 0.5) is 5.82 Å². The van der Waals surface area contributed by atoms with Crippen molar-refractivity contribution >= 4 is 23.1 Å². The lowest BCUT2D eigenvalue weighted by molar-refractivity contribution is -0.125. The first-order chi connectivity index (χ1) is 16.8. The van der Waals surface area contributed by atoms with E-state index >= 15 is 0 Å². The number of carbonyl (C=O) groups is 1. The molecule has 5 heterocycles. The number of anilines is 1. The summed E-state index contributed by atoms with van der Waals surface area (Å²) < 4.78 is 11.0. The first-order valence-electron chi connectivity index (χ1n) is 11.2. The Bertz CT molecular complexity index is 1180. The van der Waals surface area contributed by atoms with E-state index in [0.717, 1.165) is 35.8 Å². The van der Waals surface area contributed by atoms with E-state index in [9.17, 15) is 4.79 Å². The van der Waals surface area contributed by atoms with Crippen molar-refractivity contribution in [1.29, 1.82) is 0 Å². The van der Waals surface area contributed by atoms with Crippen LogP contribution in [0.2, 0.25) is 0 Å². The zero-order valence-electron chi connectivity index (χ0n) is 18.5. The number of nitrogens with one attached hydrogen (secondary N) is 1. The highest BCUT2D eigenvalue weighted by molar-refractivity contribution is 7.13. The Balaban J connectivity index is 1.08. The van der Waals surface area contributed by atoms with Gasteiger partial charge in [-0.15, -0.1) is 31.7 Å². The normalized spacial score (nSPS) is 15.8. The highest BCUT2D eigenvalue weighted by Gasteiger charge is 2.26. The van der Waals surface area contributed by atoms with Crippen molar-refractivity contribution in [2.75, 3.05) is 31.1 Å². The molecule has 1 saturated heterocycles. The van der Waals surface area contributed by atoms with E-state index in [0.29, 0.717) is 37.0 Å². The van der Waals surface area contributed by atoms with Crippen LogP contribution in [0.5, 0.6) is 5.88 Å². The maximum Gasteiger partial charge on any atom is 0.233 e. The predicted octanol–water partition coefficient (Wildman–Crippen LogP) is 3.67. The van der Waals surface area contributed by atoms with Gasteiger partial charge < -0.3 is 19.4 Å². The lowest BCUT2D eigenvalue weighted by atomic mass is 9.97. The van der Waals surface area contributed by atoms with Gasteiger partial charge in [0.2, 0.25) is 11.8 Å².